The number of nitrogens with one attached hydrogen (secondary N) is 1. The topological polar surface area (TPSA) is 77.7 Å². The van der Waals surface area contributed by atoms with Crippen LogP contribution in [0.4, 0.5) is 17.5 Å². The van der Waals surface area contributed by atoms with Gasteiger partial charge in [0.2, 0.25) is 5.95 Å². The molecule has 0 aliphatic carbocycles. The van der Waals surface area contributed by atoms with Gasteiger partial charge < -0.3 is 10.2 Å². The van der Waals surface area contributed by atoms with Crippen molar-refractivity contribution in [2.24, 2.45) is 0 Å². The van der Waals surface area contributed by atoms with Crippen molar-refractivity contribution in [1.82, 2.24) is 15.2 Å². The van der Waals surface area contributed by atoms with E-state index in [9.17, 15) is 0 Å². The van der Waals surface area contributed by atoms with Crippen LogP contribution in [0, 0.1) is 11.3 Å². The van der Waals surface area contributed by atoms with E-state index in [4.69, 9.17) is 5.26 Å². The largest absolute Gasteiger partial charge is 0.358 e. The van der Waals surface area contributed by atoms with Crippen molar-refractivity contribution in [2.45, 2.75) is 19.8 Å². The molecule has 1 aromatic heterocycles. The van der Waals surface area contributed by atoms with Gasteiger partial charge in [-0.05, 0) is 30.7 Å². The normalized spacial score (nSPS) is 9.95. The highest BCUT2D eigenvalue weighted by Gasteiger charge is 2.05. The van der Waals surface area contributed by atoms with Crippen LogP contribution in [0.15, 0.2) is 30.5 Å². The third kappa shape index (κ3) is 4.14. The standard InChI is InChI=1S/C15H18N6/c1-3-4-9-21(2)14-11-17-20-15(19-14)18-13-7-5-12(10-16)6-8-13/h5-8,11H,3-4,9H2,1-2H3,(H,18,19,20). The first-order valence-electron chi connectivity index (χ1n) is 6.91. The van der Waals surface area contributed by atoms with E-state index in [0.29, 0.717) is 11.5 Å². The van der Waals surface area contributed by atoms with Crippen molar-refractivity contribution in [3.8, 4) is 6.07 Å². The summed E-state index contributed by atoms with van der Waals surface area (Å²) in [7, 11) is 1.99. The van der Waals surface area contributed by atoms with Crippen molar-refractivity contribution in [1.29, 1.82) is 5.26 Å². The molecule has 0 spiro atoms. The molecule has 0 aliphatic heterocycles. The Morgan fingerprint density at radius 1 is 1.29 bits per heavy atom. The highest BCUT2D eigenvalue weighted by Crippen LogP contribution is 2.15. The first-order chi connectivity index (χ1) is 10.2. The molecular formula is C15H18N6. The quantitative estimate of drug-likeness (QED) is 0.877. The van der Waals surface area contributed by atoms with Gasteiger partial charge in [-0.3, -0.25) is 0 Å². The van der Waals surface area contributed by atoms with Gasteiger partial charge >= 0.3 is 0 Å². The summed E-state index contributed by atoms with van der Waals surface area (Å²) < 4.78 is 0. The Hall–Kier alpha value is -2.68. The predicted molar refractivity (Wildman–Crippen MR) is 82.4 cm³/mol. The van der Waals surface area contributed by atoms with E-state index >= 15 is 0 Å². The molecule has 2 aromatic rings. The highest BCUT2D eigenvalue weighted by molar-refractivity contribution is 5.55. The first-order valence-corrected chi connectivity index (χ1v) is 6.91. The average Bonchev–Trinajstić information content (AvgIpc) is 2.53. The van der Waals surface area contributed by atoms with Crippen molar-refractivity contribution < 1.29 is 0 Å². The highest BCUT2D eigenvalue weighted by atomic mass is 15.3. The van der Waals surface area contributed by atoms with Gasteiger partial charge in [0.25, 0.3) is 0 Å². The van der Waals surface area contributed by atoms with E-state index < -0.39 is 0 Å². The Morgan fingerprint density at radius 2 is 2.05 bits per heavy atom. The second-order valence-electron chi connectivity index (χ2n) is 4.73. The average molecular weight is 282 g/mol. The Labute approximate surface area is 124 Å². The lowest BCUT2D eigenvalue weighted by atomic mass is 10.2. The van der Waals surface area contributed by atoms with Gasteiger partial charge in [0.1, 0.15) is 0 Å². The Bertz CT molecular complexity index is 617. The van der Waals surface area contributed by atoms with Crippen LogP contribution in [0.3, 0.4) is 0 Å². The van der Waals surface area contributed by atoms with Crippen LogP contribution in [-0.4, -0.2) is 28.8 Å². The number of nitriles is 1. The fraction of sp³-hybridized carbons (Fsp3) is 0.333. The SMILES string of the molecule is CCCCN(C)c1cnnc(Nc2ccc(C#N)cc2)n1. The molecule has 0 saturated heterocycles. The summed E-state index contributed by atoms with van der Waals surface area (Å²) in [6, 6.07) is 9.20. The third-order valence-corrected chi connectivity index (χ3v) is 3.05. The van der Waals surface area contributed by atoms with Gasteiger partial charge in [0, 0.05) is 19.3 Å². The van der Waals surface area contributed by atoms with E-state index in [0.717, 1.165) is 30.9 Å². The zero-order chi connectivity index (χ0) is 15.1. The number of hydrogen-bond acceptors (Lipinski definition) is 6. The van der Waals surface area contributed by atoms with Crippen molar-refractivity contribution in [2.75, 3.05) is 23.8 Å². The van der Waals surface area contributed by atoms with E-state index in [2.05, 4.69) is 38.4 Å². The van der Waals surface area contributed by atoms with E-state index in [1.807, 2.05) is 19.2 Å². The van der Waals surface area contributed by atoms with Crippen molar-refractivity contribution in [3.05, 3.63) is 36.0 Å². The molecule has 0 fully saturated rings. The molecule has 6 nitrogen and oxygen atoms in total. The molecule has 21 heavy (non-hydrogen) atoms. The molecule has 1 heterocycles. The van der Waals surface area contributed by atoms with Gasteiger partial charge in [-0.25, -0.2) is 0 Å². The lowest BCUT2D eigenvalue weighted by Gasteiger charge is -2.17. The van der Waals surface area contributed by atoms with Crippen LogP contribution in [-0.2, 0) is 0 Å². The summed E-state index contributed by atoms with van der Waals surface area (Å²) in [6.07, 6.45) is 3.90. The van der Waals surface area contributed by atoms with E-state index in [1.165, 1.54) is 0 Å². The van der Waals surface area contributed by atoms with E-state index in [-0.39, 0.29) is 0 Å². The lowest BCUT2D eigenvalue weighted by Crippen LogP contribution is -2.20. The molecule has 1 aromatic carbocycles. The van der Waals surface area contributed by atoms with Gasteiger partial charge in [-0.15, -0.1) is 5.10 Å². The molecule has 0 aliphatic rings. The summed E-state index contributed by atoms with van der Waals surface area (Å²) >= 11 is 0. The molecule has 0 saturated carbocycles. The monoisotopic (exact) mass is 282 g/mol. The van der Waals surface area contributed by atoms with Gasteiger partial charge in [-0.1, -0.05) is 13.3 Å². The summed E-state index contributed by atoms with van der Waals surface area (Å²) in [5.41, 5.74) is 1.44. The summed E-state index contributed by atoms with van der Waals surface area (Å²) in [4.78, 5) is 6.50. The van der Waals surface area contributed by atoms with Crippen LogP contribution in [0.25, 0.3) is 0 Å². The number of nitrogens with zero attached hydrogens (tertiary/aromatic N) is 5. The zero-order valence-electron chi connectivity index (χ0n) is 12.2. The third-order valence-electron chi connectivity index (χ3n) is 3.05. The van der Waals surface area contributed by atoms with Crippen LogP contribution in [0.1, 0.15) is 25.3 Å². The molecule has 1 N–H and O–H groups in total. The molecule has 0 amide bonds. The number of benzene rings is 1. The summed E-state index contributed by atoms with van der Waals surface area (Å²) in [5, 5.41) is 19.8. The molecule has 0 atom stereocenters. The molecule has 2 rings (SSSR count). The number of hydrogen-bond donors (Lipinski definition) is 1. The molecule has 108 valence electrons. The molecule has 0 bridgehead atoms. The maximum atomic E-state index is 8.78. The minimum Gasteiger partial charge on any atom is -0.358 e. The predicted octanol–water partition coefficient (Wildman–Crippen LogP) is 2.72. The molecule has 0 unspecified atom stereocenters. The smallest absolute Gasteiger partial charge is 0.249 e. The summed E-state index contributed by atoms with van der Waals surface area (Å²) in [5.74, 6) is 1.23. The Morgan fingerprint density at radius 3 is 2.71 bits per heavy atom. The minimum absolute atomic E-state index is 0.445. The molecule has 6 heteroatoms. The maximum Gasteiger partial charge on any atom is 0.249 e. The number of anilines is 3. The van der Waals surface area contributed by atoms with Gasteiger partial charge in [-0.2, -0.15) is 15.3 Å². The fourth-order valence-electron chi connectivity index (χ4n) is 1.80. The molecule has 0 radical (unpaired) electrons. The van der Waals surface area contributed by atoms with Crippen molar-refractivity contribution >= 4 is 17.5 Å². The second-order valence-corrected chi connectivity index (χ2v) is 4.73. The van der Waals surface area contributed by atoms with Crippen LogP contribution in [0.5, 0.6) is 0 Å². The van der Waals surface area contributed by atoms with Crippen LogP contribution in [0.2, 0.25) is 0 Å². The molecular weight excluding hydrogens is 264 g/mol. The zero-order valence-corrected chi connectivity index (χ0v) is 12.2. The Kier molecular flexibility index (Phi) is 5.04. The minimum atomic E-state index is 0.445. The second kappa shape index (κ2) is 7.20. The maximum absolute atomic E-state index is 8.78. The Balaban J connectivity index is 2.08. The summed E-state index contributed by atoms with van der Waals surface area (Å²) in [6.45, 7) is 3.09. The van der Waals surface area contributed by atoms with Crippen LogP contribution < -0.4 is 10.2 Å². The van der Waals surface area contributed by atoms with Gasteiger partial charge in [0.05, 0.1) is 17.8 Å². The fourth-order valence-corrected chi connectivity index (χ4v) is 1.80. The number of rotatable bonds is 6. The van der Waals surface area contributed by atoms with E-state index in [1.54, 1.807) is 18.3 Å². The van der Waals surface area contributed by atoms with Crippen LogP contribution >= 0.6 is 0 Å². The first kappa shape index (κ1) is 14.7. The number of unbranched alkanes of at least 4 members (excludes halogenated alkanes) is 1. The lowest BCUT2D eigenvalue weighted by molar-refractivity contribution is 0.754. The van der Waals surface area contributed by atoms with Crippen molar-refractivity contribution in [3.63, 3.8) is 0 Å². The number of aromatic nitrogens is 3. The van der Waals surface area contributed by atoms with Gasteiger partial charge in [0.15, 0.2) is 5.82 Å².